The van der Waals surface area contributed by atoms with Gasteiger partial charge >= 0.3 is 0 Å². The molecule has 0 aliphatic heterocycles. The first-order valence-electron chi connectivity index (χ1n) is 5.91. The van der Waals surface area contributed by atoms with Gasteiger partial charge in [0, 0.05) is 21.3 Å². The zero-order chi connectivity index (χ0) is 13.1. The van der Waals surface area contributed by atoms with E-state index in [1.807, 2.05) is 6.92 Å². The Labute approximate surface area is 124 Å². The highest BCUT2D eigenvalue weighted by Crippen LogP contribution is 2.24. The van der Waals surface area contributed by atoms with Crippen molar-refractivity contribution in [2.24, 2.45) is 0 Å². The second-order valence-electron chi connectivity index (χ2n) is 4.14. The molecule has 0 radical (unpaired) electrons. The quantitative estimate of drug-likeness (QED) is 0.708. The van der Waals surface area contributed by atoms with Crippen LogP contribution in [0.2, 0.25) is 0 Å². The van der Waals surface area contributed by atoms with Gasteiger partial charge in [-0.3, -0.25) is 0 Å². The predicted octanol–water partition coefficient (Wildman–Crippen LogP) is 4.18. The minimum atomic E-state index is 0.849. The molecule has 0 amide bonds. The number of anilines is 1. The highest BCUT2D eigenvalue weighted by Gasteiger charge is 2.13. The maximum Gasteiger partial charge on any atom is 0.205 e. The molecule has 6 heteroatoms. The molecular weight excluding hydrogens is 294 g/mol. The average molecular weight is 307 g/mol. The number of thiophene rings is 2. The van der Waals surface area contributed by atoms with E-state index in [1.54, 1.807) is 22.7 Å². The van der Waals surface area contributed by atoms with Crippen LogP contribution < -0.4 is 4.90 Å². The first-order chi connectivity index (χ1) is 9.31. The van der Waals surface area contributed by atoms with Gasteiger partial charge in [0.2, 0.25) is 5.13 Å². The Hall–Kier alpha value is -1.24. The fourth-order valence-corrected chi connectivity index (χ4v) is 3.90. The molecule has 0 atom stereocenters. The summed E-state index contributed by atoms with van der Waals surface area (Å²) >= 11 is 5.04. The Kier molecular flexibility index (Phi) is 3.91. The molecule has 0 fully saturated rings. The highest BCUT2D eigenvalue weighted by molar-refractivity contribution is 7.10. The third kappa shape index (κ3) is 3.20. The highest BCUT2D eigenvalue weighted by atomic mass is 32.1. The molecular formula is C13H13N3S3. The molecule has 0 saturated carbocycles. The van der Waals surface area contributed by atoms with Crippen molar-refractivity contribution in [2.45, 2.75) is 20.0 Å². The van der Waals surface area contributed by atoms with E-state index >= 15 is 0 Å². The largest absolute Gasteiger partial charge is 0.337 e. The molecule has 3 aromatic rings. The van der Waals surface area contributed by atoms with Gasteiger partial charge < -0.3 is 4.90 Å². The Morgan fingerprint density at radius 3 is 2.11 bits per heavy atom. The predicted molar refractivity (Wildman–Crippen MR) is 83.2 cm³/mol. The molecule has 19 heavy (non-hydrogen) atoms. The van der Waals surface area contributed by atoms with Gasteiger partial charge in [-0.2, -0.15) is 4.37 Å². The minimum Gasteiger partial charge on any atom is -0.337 e. The van der Waals surface area contributed by atoms with Gasteiger partial charge in [0.15, 0.2) is 0 Å². The number of hydrogen-bond acceptors (Lipinski definition) is 6. The summed E-state index contributed by atoms with van der Waals surface area (Å²) in [5.74, 6) is 0.849. The van der Waals surface area contributed by atoms with E-state index in [4.69, 9.17) is 0 Å². The molecule has 3 nitrogen and oxygen atoms in total. The molecule has 98 valence electrons. The SMILES string of the molecule is Cc1nsc(N(Cc2cccs2)Cc2cccs2)n1. The Morgan fingerprint density at radius 2 is 1.68 bits per heavy atom. The number of aryl methyl sites for hydroxylation is 1. The molecule has 0 aromatic carbocycles. The summed E-state index contributed by atoms with van der Waals surface area (Å²) in [7, 11) is 0. The Balaban J connectivity index is 1.82. The van der Waals surface area contributed by atoms with Crippen LogP contribution in [0.1, 0.15) is 15.6 Å². The number of nitrogens with zero attached hydrogens (tertiary/aromatic N) is 3. The first kappa shape index (κ1) is 12.8. The maximum absolute atomic E-state index is 4.51. The van der Waals surface area contributed by atoms with Crippen LogP contribution in [0.3, 0.4) is 0 Å². The van der Waals surface area contributed by atoms with Crippen LogP contribution in [0, 0.1) is 6.92 Å². The van der Waals surface area contributed by atoms with Crippen LogP contribution in [0.4, 0.5) is 5.13 Å². The zero-order valence-corrected chi connectivity index (χ0v) is 12.9. The topological polar surface area (TPSA) is 29.0 Å². The molecule has 0 N–H and O–H groups in total. The molecule has 3 aromatic heterocycles. The fourth-order valence-electron chi connectivity index (χ4n) is 1.79. The monoisotopic (exact) mass is 307 g/mol. The molecule has 3 heterocycles. The van der Waals surface area contributed by atoms with E-state index < -0.39 is 0 Å². The van der Waals surface area contributed by atoms with Crippen molar-refractivity contribution in [1.29, 1.82) is 0 Å². The normalized spacial score (nSPS) is 10.8. The van der Waals surface area contributed by atoms with Crippen LogP contribution in [-0.4, -0.2) is 9.36 Å². The lowest BCUT2D eigenvalue weighted by Gasteiger charge is -2.19. The van der Waals surface area contributed by atoms with Crippen molar-refractivity contribution in [3.8, 4) is 0 Å². The standard InChI is InChI=1S/C13H13N3S3/c1-10-14-13(19-15-10)16(8-11-4-2-6-17-11)9-12-5-3-7-18-12/h2-7H,8-9H2,1H3. The maximum atomic E-state index is 4.51. The van der Waals surface area contributed by atoms with Crippen LogP contribution >= 0.6 is 34.2 Å². The van der Waals surface area contributed by atoms with Gasteiger partial charge in [-0.05, 0) is 29.8 Å². The molecule has 0 aliphatic rings. The summed E-state index contributed by atoms with van der Waals surface area (Å²) in [5, 5.41) is 5.23. The van der Waals surface area contributed by atoms with Crippen molar-refractivity contribution in [2.75, 3.05) is 4.90 Å². The molecule has 3 rings (SSSR count). The van der Waals surface area contributed by atoms with E-state index in [2.05, 4.69) is 49.3 Å². The van der Waals surface area contributed by atoms with Crippen LogP contribution in [0.25, 0.3) is 0 Å². The second kappa shape index (κ2) is 5.81. The number of aromatic nitrogens is 2. The Morgan fingerprint density at radius 1 is 1.05 bits per heavy atom. The van der Waals surface area contributed by atoms with Crippen molar-refractivity contribution in [3.63, 3.8) is 0 Å². The Bertz CT molecular complexity index is 577. The van der Waals surface area contributed by atoms with Crippen molar-refractivity contribution >= 4 is 39.3 Å². The summed E-state index contributed by atoms with van der Waals surface area (Å²) in [6.45, 7) is 3.73. The van der Waals surface area contributed by atoms with Crippen molar-refractivity contribution in [1.82, 2.24) is 9.36 Å². The van der Waals surface area contributed by atoms with Crippen LogP contribution in [0.5, 0.6) is 0 Å². The van der Waals surface area contributed by atoms with Gasteiger partial charge in [-0.15, -0.1) is 22.7 Å². The van der Waals surface area contributed by atoms with Gasteiger partial charge in [0.05, 0.1) is 13.1 Å². The molecule has 0 saturated heterocycles. The first-order valence-corrected chi connectivity index (χ1v) is 8.44. The van der Waals surface area contributed by atoms with E-state index in [0.29, 0.717) is 0 Å². The second-order valence-corrected chi connectivity index (χ2v) is 6.93. The molecule has 0 unspecified atom stereocenters. The molecule has 0 aliphatic carbocycles. The van der Waals surface area contributed by atoms with Crippen molar-refractivity contribution in [3.05, 3.63) is 50.6 Å². The lowest BCUT2D eigenvalue weighted by atomic mass is 10.4. The average Bonchev–Trinajstić information content (AvgIpc) is 3.09. The van der Waals surface area contributed by atoms with Gasteiger partial charge in [-0.25, -0.2) is 4.98 Å². The fraction of sp³-hybridized carbons (Fsp3) is 0.231. The van der Waals surface area contributed by atoms with E-state index in [-0.39, 0.29) is 0 Å². The van der Waals surface area contributed by atoms with Gasteiger partial charge in [0.1, 0.15) is 5.82 Å². The number of hydrogen-bond donors (Lipinski definition) is 0. The lowest BCUT2D eigenvalue weighted by molar-refractivity contribution is 0.811. The smallest absolute Gasteiger partial charge is 0.205 e. The van der Waals surface area contributed by atoms with Gasteiger partial charge in [-0.1, -0.05) is 12.1 Å². The van der Waals surface area contributed by atoms with E-state index in [9.17, 15) is 0 Å². The third-order valence-electron chi connectivity index (χ3n) is 2.64. The summed E-state index contributed by atoms with van der Waals surface area (Å²) in [5.41, 5.74) is 0. The lowest BCUT2D eigenvalue weighted by Crippen LogP contribution is -2.20. The summed E-state index contributed by atoms with van der Waals surface area (Å²) in [6.07, 6.45) is 0. The summed E-state index contributed by atoms with van der Waals surface area (Å²) in [6, 6.07) is 8.52. The van der Waals surface area contributed by atoms with Crippen LogP contribution in [0.15, 0.2) is 35.0 Å². The molecule has 0 bridgehead atoms. The van der Waals surface area contributed by atoms with Crippen LogP contribution in [-0.2, 0) is 13.1 Å². The van der Waals surface area contributed by atoms with Crippen molar-refractivity contribution < 1.29 is 0 Å². The van der Waals surface area contributed by atoms with E-state index in [0.717, 1.165) is 24.0 Å². The minimum absolute atomic E-state index is 0.849. The zero-order valence-electron chi connectivity index (χ0n) is 10.4. The number of rotatable bonds is 5. The summed E-state index contributed by atoms with van der Waals surface area (Å²) < 4.78 is 4.29. The third-order valence-corrected chi connectivity index (χ3v) is 5.23. The molecule has 0 spiro atoms. The summed E-state index contributed by atoms with van der Waals surface area (Å²) in [4.78, 5) is 9.51. The van der Waals surface area contributed by atoms with Gasteiger partial charge in [0.25, 0.3) is 0 Å². The van der Waals surface area contributed by atoms with E-state index in [1.165, 1.54) is 21.3 Å².